The summed E-state index contributed by atoms with van der Waals surface area (Å²) in [5.41, 5.74) is 0.624. The smallest absolute Gasteiger partial charge is 0.271 e. The molecule has 0 fully saturated rings. The Morgan fingerprint density at radius 3 is 2.89 bits per heavy atom. The van der Waals surface area contributed by atoms with Gasteiger partial charge in [-0.05, 0) is 25.0 Å². The minimum Gasteiger partial charge on any atom is -0.321 e. The number of aromatic nitrogens is 2. The minimum atomic E-state index is -0.525. The van der Waals surface area contributed by atoms with Gasteiger partial charge in [-0.25, -0.2) is 4.98 Å². The number of nitrogens with zero attached hydrogens (tertiary/aromatic N) is 3. The second kappa shape index (κ2) is 7.67. The van der Waals surface area contributed by atoms with Gasteiger partial charge in [-0.15, -0.1) is 11.3 Å². The van der Waals surface area contributed by atoms with Crippen LogP contribution in [0.5, 0.6) is 0 Å². The first-order valence-electron chi connectivity index (χ1n) is 8.46. The van der Waals surface area contributed by atoms with Crippen molar-refractivity contribution in [3.8, 4) is 0 Å². The lowest BCUT2D eigenvalue weighted by atomic mass is 10.2. The zero-order valence-electron chi connectivity index (χ0n) is 14.9. The molecule has 0 aliphatic heterocycles. The summed E-state index contributed by atoms with van der Waals surface area (Å²) in [5.74, 6) is -0.421. The molecule has 3 rings (SSSR count). The summed E-state index contributed by atoms with van der Waals surface area (Å²) in [4.78, 5) is 40.9. The van der Waals surface area contributed by atoms with Gasteiger partial charge in [-0.3, -0.25) is 24.3 Å². The Morgan fingerprint density at radius 2 is 2.19 bits per heavy atom. The van der Waals surface area contributed by atoms with E-state index in [0.29, 0.717) is 32.9 Å². The van der Waals surface area contributed by atoms with E-state index in [0.717, 1.165) is 24.2 Å². The van der Waals surface area contributed by atoms with Crippen LogP contribution in [0.1, 0.15) is 35.0 Å². The lowest BCUT2D eigenvalue weighted by molar-refractivity contribution is -0.384. The average Bonchev–Trinajstić information content (AvgIpc) is 2.99. The Bertz CT molecular complexity index is 1090. The van der Waals surface area contributed by atoms with Gasteiger partial charge >= 0.3 is 0 Å². The van der Waals surface area contributed by atoms with Crippen LogP contribution in [0.15, 0.2) is 35.4 Å². The molecular weight excluding hydrogens is 368 g/mol. The molecule has 27 heavy (non-hydrogen) atoms. The largest absolute Gasteiger partial charge is 0.321 e. The third-order valence-corrected chi connectivity index (χ3v) is 5.39. The van der Waals surface area contributed by atoms with E-state index in [1.165, 1.54) is 24.5 Å². The standard InChI is InChI=1S/C18H18N4O4S/c1-3-4-8-21-10-19-17-14(18(21)24)11(2)15(27-17)16(23)20-12-6-5-7-13(9-12)22(25)26/h5-7,9-10H,3-4,8H2,1-2H3,(H,20,23). The molecule has 2 aromatic heterocycles. The van der Waals surface area contributed by atoms with Crippen molar-refractivity contribution in [3.05, 3.63) is 61.5 Å². The zero-order valence-corrected chi connectivity index (χ0v) is 15.7. The fourth-order valence-corrected chi connectivity index (χ4v) is 3.78. The number of benzene rings is 1. The number of fused-ring (bicyclic) bond motifs is 1. The number of nitrogens with one attached hydrogen (secondary N) is 1. The maximum Gasteiger partial charge on any atom is 0.271 e. The Kier molecular flexibility index (Phi) is 5.31. The molecule has 1 aromatic carbocycles. The van der Waals surface area contributed by atoms with Crippen LogP contribution < -0.4 is 10.9 Å². The molecule has 0 aliphatic carbocycles. The second-order valence-corrected chi connectivity index (χ2v) is 7.09. The maximum atomic E-state index is 12.7. The number of unbranched alkanes of at least 4 members (excludes halogenated alkanes) is 1. The van der Waals surface area contributed by atoms with Gasteiger partial charge < -0.3 is 5.32 Å². The first-order chi connectivity index (χ1) is 12.9. The average molecular weight is 386 g/mol. The lowest BCUT2D eigenvalue weighted by Gasteiger charge is -2.05. The van der Waals surface area contributed by atoms with Crippen molar-refractivity contribution in [1.29, 1.82) is 0 Å². The Labute approximate surface area is 158 Å². The highest BCUT2D eigenvalue weighted by molar-refractivity contribution is 7.20. The summed E-state index contributed by atoms with van der Waals surface area (Å²) >= 11 is 1.14. The van der Waals surface area contributed by atoms with E-state index in [1.54, 1.807) is 17.6 Å². The Hall–Kier alpha value is -3.07. The van der Waals surface area contributed by atoms with Gasteiger partial charge in [0.15, 0.2) is 0 Å². The summed E-state index contributed by atoms with van der Waals surface area (Å²) in [7, 11) is 0. The molecule has 2 heterocycles. The van der Waals surface area contributed by atoms with Gasteiger partial charge in [0.05, 0.1) is 21.5 Å². The quantitative estimate of drug-likeness (QED) is 0.513. The summed E-state index contributed by atoms with van der Waals surface area (Å²) in [6.07, 6.45) is 3.35. The van der Waals surface area contributed by atoms with Crippen LogP contribution >= 0.6 is 11.3 Å². The van der Waals surface area contributed by atoms with Gasteiger partial charge in [-0.1, -0.05) is 19.4 Å². The van der Waals surface area contributed by atoms with Crippen LogP contribution in [-0.2, 0) is 6.54 Å². The molecule has 0 bridgehead atoms. The second-order valence-electron chi connectivity index (χ2n) is 6.09. The Morgan fingerprint density at radius 1 is 1.41 bits per heavy atom. The van der Waals surface area contributed by atoms with Crippen LogP contribution in [0.3, 0.4) is 0 Å². The van der Waals surface area contributed by atoms with Crippen molar-refractivity contribution in [2.24, 2.45) is 0 Å². The number of nitro groups is 1. The molecule has 0 atom stereocenters. The topological polar surface area (TPSA) is 107 Å². The zero-order chi connectivity index (χ0) is 19.6. The van der Waals surface area contributed by atoms with Crippen LogP contribution in [-0.4, -0.2) is 20.4 Å². The summed E-state index contributed by atoms with van der Waals surface area (Å²) in [5, 5.41) is 14.0. The molecule has 0 saturated carbocycles. The third-order valence-electron chi connectivity index (χ3n) is 4.19. The van der Waals surface area contributed by atoms with Gasteiger partial charge in [0.25, 0.3) is 17.2 Å². The number of hydrogen-bond donors (Lipinski definition) is 1. The minimum absolute atomic E-state index is 0.110. The molecule has 9 heteroatoms. The number of anilines is 1. The number of hydrogen-bond acceptors (Lipinski definition) is 6. The van der Waals surface area contributed by atoms with E-state index in [1.807, 2.05) is 6.92 Å². The highest BCUT2D eigenvalue weighted by Crippen LogP contribution is 2.28. The SMILES string of the molecule is CCCCn1cnc2sc(C(=O)Nc3cccc([N+](=O)[O-])c3)c(C)c2c1=O. The predicted octanol–water partition coefficient (Wildman–Crippen LogP) is 3.73. The highest BCUT2D eigenvalue weighted by Gasteiger charge is 2.20. The number of nitro benzene ring substituents is 1. The first-order valence-corrected chi connectivity index (χ1v) is 9.28. The van der Waals surface area contributed by atoms with Crippen molar-refractivity contribution < 1.29 is 9.72 Å². The third kappa shape index (κ3) is 3.72. The maximum absolute atomic E-state index is 12.7. The van der Waals surface area contributed by atoms with Crippen LogP contribution in [0.25, 0.3) is 10.2 Å². The number of rotatable bonds is 6. The van der Waals surface area contributed by atoms with E-state index >= 15 is 0 Å². The van der Waals surface area contributed by atoms with Gasteiger partial charge in [0, 0.05) is 24.4 Å². The van der Waals surface area contributed by atoms with E-state index in [4.69, 9.17) is 0 Å². The number of amides is 1. The van der Waals surface area contributed by atoms with Crippen LogP contribution in [0.2, 0.25) is 0 Å². The monoisotopic (exact) mass is 386 g/mol. The number of aryl methyl sites for hydroxylation is 2. The molecule has 0 unspecified atom stereocenters. The van der Waals surface area contributed by atoms with Crippen molar-refractivity contribution in [2.45, 2.75) is 33.2 Å². The molecule has 8 nitrogen and oxygen atoms in total. The fourth-order valence-electron chi connectivity index (χ4n) is 2.75. The summed E-state index contributed by atoms with van der Waals surface area (Å²) < 4.78 is 1.56. The summed E-state index contributed by atoms with van der Waals surface area (Å²) in [6, 6.07) is 5.71. The van der Waals surface area contributed by atoms with Gasteiger partial charge in [0.2, 0.25) is 0 Å². The number of thiophene rings is 1. The van der Waals surface area contributed by atoms with E-state index < -0.39 is 10.8 Å². The molecule has 140 valence electrons. The molecule has 1 amide bonds. The van der Waals surface area contributed by atoms with Crippen molar-refractivity contribution in [3.63, 3.8) is 0 Å². The molecule has 1 N–H and O–H groups in total. The lowest BCUT2D eigenvalue weighted by Crippen LogP contribution is -2.20. The Balaban J connectivity index is 1.94. The van der Waals surface area contributed by atoms with E-state index in [-0.39, 0.29) is 11.2 Å². The van der Waals surface area contributed by atoms with E-state index in [9.17, 15) is 19.7 Å². The fraction of sp³-hybridized carbons (Fsp3) is 0.278. The first kappa shape index (κ1) is 18.7. The van der Waals surface area contributed by atoms with Crippen LogP contribution in [0, 0.1) is 17.0 Å². The van der Waals surface area contributed by atoms with Crippen molar-refractivity contribution in [2.75, 3.05) is 5.32 Å². The molecular formula is C18H18N4O4S. The van der Waals surface area contributed by atoms with Crippen molar-refractivity contribution in [1.82, 2.24) is 9.55 Å². The predicted molar refractivity (Wildman–Crippen MR) is 105 cm³/mol. The number of carbonyl (C=O) groups is 1. The van der Waals surface area contributed by atoms with Gasteiger partial charge in [-0.2, -0.15) is 0 Å². The molecule has 0 spiro atoms. The van der Waals surface area contributed by atoms with Crippen molar-refractivity contribution >= 4 is 38.8 Å². The summed E-state index contributed by atoms with van der Waals surface area (Å²) in [6.45, 7) is 4.35. The highest BCUT2D eigenvalue weighted by atomic mass is 32.1. The molecule has 0 radical (unpaired) electrons. The van der Waals surface area contributed by atoms with E-state index in [2.05, 4.69) is 10.3 Å². The number of non-ortho nitro benzene ring substituents is 1. The van der Waals surface area contributed by atoms with Gasteiger partial charge in [0.1, 0.15) is 4.83 Å². The molecule has 0 aliphatic rings. The normalized spacial score (nSPS) is 10.9. The number of carbonyl (C=O) groups excluding carboxylic acids is 1. The van der Waals surface area contributed by atoms with Crippen LogP contribution in [0.4, 0.5) is 11.4 Å². The molecule has 0 saturated heterocycles. The molecule has 3 aromatic rings.